The topological polar surface area (TPSA) is 75.6 Å². The fourth-order valence-electron chi connectivity index (χ4n) is 1.70. The molecule has 0 unspecified atom stereocenters. The average Bonchev–Trinajstić information content (AvgIpc) is 2.81. The summed E-state index contributed by atoms with van der Waals surface area (Å²) in [6.45, 7) is 0.940. The molecule has 0 aromatic carbocycles. The highest BCUT2D eigenvalue weighted by molar-refractivity contribution is 5.85. The SMILES string of the molecule is C#CCCC[C@H](NC(=O)[C@@H]1CCOC1)C(=O)O. The number of carbonyl (C=O) groups excluding carboxylic acids is 1. The van der Waals surface area contributed by atoms with Crippen molar-refractivity contribution in [3.63, 3.8) is 0 Å². The summed E-state index contributed by atoms with van der Waals surface area (Å²) >= 11 is 0. The quantitative estimate of drug-likeness (QED) is 0.519. The molecular formula is C12H17NO4. The van der Waals surface area contributed by atoms with Crippen LogP contribution in [0.4, 0.5) is 0 Å². The third-order valence-corrected chi connectivity index (χ3v) is 2.73. The molecular weight excluding hydrogens is 222 g/mol. The molecule has 0 aliphatic carbocycles. The maximum Gasteiger partial charge on any atom is 0.326 e. The Morgan fingerprint density at radius 2 is 2.35 bits per heavy atom. The van der Waals surface area contributed by atoms with Crippen molar-refractivity contribution < 1.29 is 19.4 Å². The van der Waals surface area contributed by atoms with E-state index in [2.05, 4.69) is 11.2 Å². The highest BCUT2D eigenvalue weighted by atomic mass is 16.5. The number of nitrogens with one attached hydrogen (secondary N) is 1. The number of hydrogen-bond acceptors (Lipinski definition) is 3. The molecule has 0 spiro atoms. The van der Waals surface area contributed by atoms with E-state index in [-0.39, 0.29) is 11.8 Å². The molecule has 1 aliphatic rings. The first-order chi connectivity index (χ1) is 8.15. The average molecular weight is 239 g/mol. The van der Waals surface area contributed by atoms with E-state index in [4.69, 9.17) is 16.3 Å². The van der Waals surface area contributed by atoms with Crippen LogP contribution in [0, 0.1) is 18.3 Å². The minimum Gasteiger partial charge on any atom is -0.480 e. The van der Waals surface area contributed by atoms with E-state index in [0.717, 1.165) is 0 Å². The first-order valence-electron chi connectivity index (χ1n) is 5.69. The Balaban J connectivity index is 2.40. The summed E-state index contributed by atoms with van der Waals surface area (Å²) in [5.74, 6) is 0.967. The molecule has 94 valence electrons. The molecule has 1 heterocycles. The first-order valence-corrected chi connectivity index (χ1v) is 5.69. The smallest absolute Gasteiger partial charge is 0.326 e. The summed E-state index contributed by atoms with van der Waals surface area (Å²) in [5, 5.41) is 11.5. The van der Waals surface area contributed by atoms with Gasteiger partial charge < -0.3 is 15.2 Å². The summed E-state index contributed by atoms with van der Waals surface area (Å²) in [6.07, 6.45) is 7.22. The van der Waals surface area contributed by atoms with Crippen molar-refractivity contribution in [3.8, 4) is 12.3 Å². The maximum absolute atomic E-state index is 11.7. The number of amides is 1. The first kappa shape index (κ1) is 13.5. The Labute approximate surface area is 101 Å². The minimum atomic E-state index is -1.02. The van der Waals surface area contributed by atoms with Gasteiger partial charge in [-0.2, -0.15) is 0 Å². The Hall–Kier alpha value is -1.54. The number of terminal acetylenes is 1. The second kappa shape index (κ2) is 6.92. The van der Waals surface area contributed by atoms with Gasteiger partial charge in [0.15, 0.2) is 0 Å². The van der Waals surface area contributed by atoms with E-state index in [9.17, 15) is 9.59 Å². The number of carbonyl (C=O) groups is 2. The van der Waals surface area contributed by atoms with E-state index < -0.39 is 12.0 Å². The van der Waals surface area contributed by atoms with Gasteiger partial charge in [0.2, 0.25) is 5.91 Å². The van der Waals surface area contributed by atoms with Crippen molar-refractivity contribution in [3.05, 3.63) is 0 Å². The van der Waals surface area contributed by atoms with Crippen molar-refractivity contribution in [1.82, 2.24) is 5.32 Å². The molecule has 1 aliphatic heterocycles. The Morgan fingerprint density at radius 3 is 2.88 bits per heavy atom. The molecule has 0 radical (unpaired) electrons. The van der Waals surface area contributed by atoms with Gasteiger partial charge in [-0.05, 0) is 19.3 Å². The Kier molecular flexibility index (Phi) is 5.50. The highest BCUT2D eigenvalue weighted by Crippen LogP contribution is 2.13. The molecule has 1 rings (SSSR count). The Morgan fingerprint density at radius 1 is 1.59 bits per heavy atom. The van der Waals surface area contributed by atoms with Crippen molar-refractivity contribution in [2.45, 2.75) is 31.7 Å². The second-order valence-electron chi connectivity index (χ2n) is 4.06. The number of unbranched alkanes of at least 4 members (excludes halogenated alkanes) is 1. The van der Waals surface area contributed by atoms with E-state index in [0.29, 0.717) is 38.9 Å². The predicted molar refractivity (Wildman–Crippen MR) is 61.2 cm³/mol. The van der Waals surface area contributed by atoms with Crippen LogP contribution in [0.1, 0.15) is 25.7 Å². The van der Waals surface area contributed by atoms with Crippen molar-refractivity contribution in [1.29, 1.82) is 0 Å². The van der Waals surface area contributed by atoms with Crippen molar-refractivity contribution in [2.75, 3.05) is 13.2 Å². The molecule has 2 N–H and O–H groups in total. The van der Waals surface area contributed by atoms with Gasteiger partial charge in [-0.15, -0.1) is 12.3 Å². The third kappa shape index (κ3) is 4.45. The lowest BCUT2D eigenvalue weighted by atomic mass is 10.1. The number of carboxylic acids is 1. The number of hydrogen-bond donors (Lipinski definition) is 2. The van der Waals surface area contributed by atoms with Gasteiger partial charge in [0, 0.05) is 13.0 Å². The van der Waals surface area contributed by atoms with Gasteiger partial charge in [-0.25, -0.2) is 4.79 Å². The van der Waals surface area contributed by atoms with Gasteiger partial charge in [-0.1, -0.05) is 0 Å². The molecule has 1 saturated heterocycles. The van der Waals surface area contributed by atoms with E-state index >= 15 is 0 Å². The second-order valence-corrected chi connectivity index (χ2v) is 4.06. The molecule has 0 aromatic rings. The monoisotopic (exact) mass is 239 g/mol. The summed E-state index contributed by atoms with van der Waals surface area (Å²) in [5.41, 5.74) is 0. The third-order valence-electron chi connectivity index (χ3n) is 2.73. The molecule has 5 heteroatoms. The number of aliphatic carboxylic acids is 1. The summed E-state index contributed by atoms with van der Waals surface area (Å²) in [7, 11) is 0. The molecule has 0 saturated carbocycles. The zero-order valence-electron chi connectivity index (χ0n) is 9.65. The van der Waals surface area contributed by atoms with E-state index in [1.54, 1.807) is 0 Å². The highest BCUT2D eigenvalue weighted by Gasteiger charge is 2.27. The lowest BCUT2D eigenvalue weighted by Crippen LogP contribution is -2.43. The van der Waals surface area contributed by atoms with Crippen LogP contribution in [0.15, 0.2) is 0 Å². The zero-order chi connectivity index (χ0) is 12.7. The number of carboxylic acid groups (broad SMARTS) is 1. The van der Waals surface area contributed by atoms with Crippen LogP contribution in [0.3, 0.4) is 0 Å². The lowest BCUT2D eigenvalue weighted by Gasteiger charge is -2.16. The predicted octanol–water partition coefficient (Wildman–Crippen LogP) is 0.396. The van der Waals surface area contributed by atoms with Crippen LogP contribution >= 0.6 is 0 Å². The van der Waals surface area contributed by atoms with Gasteiger partial charge in [0.25, 0.3) is 0 Å². The molecule has 1 fully saturated rings. The number of ether oxygens (including phenoxy) is 1. The molecule has 5 nitrogen and oxygen atoms in total. The fraction of sp³-hybridized carbons (Fsp3) is 0.667. The van der Waals surface area contributed by atoms with Gasteiger partial charge in [0.05, 0.1) is 12.5 Å². The zero-order valence-corrected chi connectivity index (χ0v) is 9.65. The summed E-state index contributed by atoms with van der Waals surface area (Å²) in [4.78, 5) is 22.6. The van der Waals surface area contributed by atoms with E-state index in [1.807, 2.05) is 0 Å². The van der Waals surface area contributed by atoms with E-state index in [1.165, 1.54) is 0 Å². The molecule has 2 atom stereocenters. The van der Waals surface area contributed by atoms with Crippen LogP contribution in [0.5, 0.6) is 0 Å². The van der Waals surface area contributed by atoms with Crippen LogP contribution in [-0.2, 0) is 14.3 Å². The maximum atomic E-state index is 11.7. The largest absolute Gasteiger partial charge is 0.480 e. The Bertz CT molecular complexity index is 315. The van der Waals surface area contributed by atoms with Crippen LogP contribution in [0.25, 0.3) is 0 Å². The van der Waals surface area contributed by atoms with Crippen LogP contribution in [0.2, 0.25) is 0 Å². The summed E-state index contributed by atoms with van der Waals surface area (Å²) < 4.78 is 5.08. The van der Waals surface area contributed by atoms with Crippen LogP contribution in [-0.4, -0.2) is 36.2 Å². The molecule has 17 heavy (non-hydrogen) atoms. The van der Waals surface area contributed by atoms with Gasteiger partial charge in [-0.3, -0.25) is 4.79 Å². The molecule has 0 aromatic heterocycles. The fourth-order valence-corrected chi connectivity index (χ4v) is 1.70. The lowest BCUT2D eigenvalue weighted by molar-refractivity contribution is -0.142. The molecule has 0 bridgehead atoms. The van der Waals surface area contributed by atoms with Gasteiger partial charge >= 0.3 is 5.97 Å². The van der Waals surface area contributed by atoms with Crippen molar-refractivity contribution >= 4 is 11.9 Å². The van der Waals surface area contributed by atoms with Crippen molar-refractivity contribution in [2.24, 2.45) is 5.92 Å². The van der Waals surface area contributed by atoms with Crippen LogP contribution < -0.4 is 5.32 Å². The van der Waals surface area contributed by atoms with Gasteiger partial charge in [0.1, 0.15) is 6.04 Å². The normalized spacial score (nSPS) is 20.5. The standard InChI is InChI=1S/C12H17NO4/c1-2-3-4-5-10(12(15)16)13-11(14)9-6-7-17-8-9/h1,9-10H,3-8H2,(H,13,14)(H,15,16)/t9-,10+/m1/s1. The number of rotatable bonds is 6. The molecule has 1 amide bonds. The summed E-state index contributed by atoms with van der Waals surface area (Å²) in [6, 6.07) is -0.851. The minimum absolute atomic E-state index is 0.218.